The van der Waals surface area contributed by atoms with E-state index in [2.05, 4.69) is 15.2 Å². The SMILES string of the molecule is O=C(c1ccn[nH]1)N1CCOC2C(COCc3nccs3)CCC21. The van der Waals surface area contributed by atoms with Gasteiger partial charge >= 0.3 is 0 Å². The number of aromatic nitrogens is 3. The number of carbonyl (C=O) groups excluding carboxylic acids is 1. The second-order valence-corrected chi connectivity index (χ2v) is 7.13. The summed E-state index contributed by atoms with van der Waals surface area (Å²) in [5.74, 6) is 0.336. The van der Waals surface area contributed by atoms with Gasteiger partial charge in [-0.15, -0.1) is 11.3 Å². The zero-order valence-electron chi connectivity index (χ0n) is 13.3. The van der Waals surface area contributed by atoms with Crippen LogP contribution in [0.5, 0.6) is 0 Å². The van der Waals surface area contributed by atoms with Gasteiger partial charge in [0.1, 0.15) is 10.7 Å². The molecule has 1 saturated heterocycles. The molecule has 2 aromatic heterocycles. The second-order valence-electron chi connectivity index (χ2n) is 6.15. The summed E-state index contributed by atoms with van der Waals surface area (Å²) in [5.41, 5.74) is 0.541. The van der Waals surface area contributed by atoms with E-state index in [4.69, 9.17) is 9.47 Å². The van der Waals surface area contributed by atoms with Gasteiger partial charge in [-0.05, 0) is 18.9 Å². The third-order valence-electron chi connectivity index (χ3n) is 4.75. The molecule has 1 aliphatic heterocycles. The summed E-state index contributed by atoms with van der Waals surface area (Å²) in [4.78, 5) is 18.8. The molecule has 0 aromatic carbocycles. The Balaban J connectivity index is 1.36. The molecule has 0 spiro atoms. The Morgan fingerprint density at radius 1 is 1.46 bits per heavy atom. The molecule has 3 unspecified atom stereocenters. The molecule has 1 amide bonds. The van der Waals surface area contributed by atoms with E-state index in [0.717, 1.165) is 17.8 Å². The lowest BCUT2D eigenvalue weighted by molar-refractivity contribution is -0.0766. The number of nitrogens with one attached hydrogen (secondary N) is 1. The first-order chi connectivity index (χ1) is 11.8. The molecule has 128 valence electrons. The van der Waals surface area contributed by atoms with Gasteiger partial charge in [0.25, 0.3) is 5.91 Å². The first kappa shape index (κ1) is 15.7. The van der Waals surface area contributed by atoms with Crippen molar-refractivity contribution in [3.8, 4) is 0 Å². The van der Waals surface area contributed by atoms with Crippen LogP contribution in [0.25, 0.3) is 0 Å². The monoisotopic (exact) mass is 348 g/mol. The van der Waals surface area contributed by atoms with Gasteiger partial charge in [0, 0.05) is 30.2 Å². The third-order valence-corrected chi connectivity index (χ3v) is 5.51. The van der Waals surface area contributed by atoms with E-state index in [9.17, 15) is 4.79 Å². The van der Waals surface area contributed by atoms with E-state index in [1.165, 1.54) is 0 Å². The Labute approximate surface area is 144 Å². The Hall–Kier alpha value is -1.77. The minimum atomic E-state index is 0.00940. The quantitative estimate of drug-likeness (QED) is 0.890. The number of ether oxygens (including phenoxy) is 2. The number of thiazole rings is 1. The summed E-state index contributed by atoms with van der Waals surface area (Å²) in [5, 5.41) is 9.58. The van der Waals surface area contributed by atoms with Crippen molar-refractivity contribution in [2.45, 2.75) is 31.6 Å². The second kappa shape index (κ2) is 7.00. The Kier molecular flexibility index (Phi) is 4.59. The molecule has 2 aliphatic rings. The van der Waals surface area contributed by atoms with Crippen LogP contribution < -0.4 is 0 Å². The Bertz CT molecular complexity index is 661. The maximum Gasteiger partial charge on any atom is 0.272 e. The summed E-state index contributed by atoms with van der Waals surface area (Å²) in [6.45, 7) is 2.39. The van der Waals surface area contributed by atoms with Crippen LogP contribution in [0, 0.1) is 5.92 Å². The fourth-order valence-corrected chi connectivity index (χ4v) is 4.19. The van der Waals surface area contributed by atoms with Gasteiger partial charge in [-0.1, -0.05) is 0 Å². The van der Waals surface area contributed by atoms with Gasteiger partial charge in [-0.3, -0.25) is 9.89 Å². The first-order valence-electron chi connectivity index (χ1n) is 8.21. The number of hydrogen-bond donors (Lipinski definition) is 1. The molecule has 0 radical (unpaired) electrons. The highest BCUT2D eigenvalue weighted by Gasteiger charge is 2.44. The van der Waals surface area contributed by atoms with E-state index in [-0.39, 0.29) is 18.1 Å². The minimum Gasteiger partial charge on any atom is -0.374 e. The molecule has 8 heteroatoms. The molecule has 0 bridgehead atoms. The smallest absolute Gasteiger partial charge is 0.272 e. The fourth-order valence-electron chi connectivity index (χ4n) is 3.64. The number of nitrogens with zero attached hydrogens (tertiary/aromatic N) is 3. The number of morpholine rings is 1. The third kappa shape index (κ3) is 3.09. The van der Waals surface area contributed by atoms with Crippen molar-refractivity contribution in [2.75, 3.05) is 19.8 Å². The lowest BCUT2D eigenvalue weighted by Gasteiger charge is -2.39. The molecule has 1 aliphatic carbocycles. The van der Waals surface area contributed by atoms with Crippen molar-refractivity contribution in [3.63, 3.8) is 0 Å². The molecule has 2 aromatic rings. The molecule has 7 nitrogen and oxygen atoms in total. The largest absolute Gasteiger partial charge is 0.374 e. The molecule has 4 rings (SSSR count). The minimum absolute atomic E-state index is 0.00940. The van der Waals surface area contributed by atoms with Crippen LogP contribution in [0.2, 0.25) is 0 Å². The molecular formula is C16H20N4O3S. The fraction of sp³-hybridized carbons (Fsp3) is 0.562. The number of amides is 1. The first-order valence-corrected chi connectivity index (χ1v) is 9.09. The Morgan fingerprint density at radius 2 is 2.42 bits per heavy atom. The van der Waals surface area contributed by atoms with Crippen molar-refractivity contribution < 1.29 is 14.3 Å². The van der Waals surface area contributed by atoms with Gasteiger partial charge in [0.2, 0.25) is 0 Å². The van der Waals surface area contributed by atoms with Gasteiger partial charge < -0.3 is 14.4 Å². The topological polar surface area (TPSA) is 80.3 Å². The van der Waals surface area contributed by atoms with Gasteiger partial charge in [-0.2, -0.15) is 5.10 Å². The molecular weight excluding hydrogens is 328 g/mol. The lowest BCUT2D eigenvalue weighted by atomic mass is 10.0. The normalized spacial score (nSPS) is 26.5. The predicted octanol–water partition coefficient (Wildman–Crippen LogP) is 1.70. The zero-order valence-corrected chi connectivity index (χ0v) is 14.1. The van der Waals surface area contributed by atoms with Crippen molar-refractivity contribution in [1.29, 1.82) is 0 Å². The van der Waals surface area contributed by atoms with Crippen LogP contribution in [0.3, 0.4) is 0 Å². The summed E-state index contributed by atoms with van der Waals surface area (Å²) >= 11 is 1.60. The van der Waals surface area contributed by atoms with Crippen molar-refractivity contribution in [3.05, 3.63) is 34.5 Å². The zero-order chi connectivity index (χ0) is 16.4. The number of carbonyl (C=O) groups is 1. The molecule has 24 heavy (non-hydrogen) atoms. The van der Waals surface area contributed by atoms with Crippen molar-refractivity contribution >= 4 is 17.2 Å². The van der Waals surface area contributed by atoms with Gasteiger partial charge in [0.15, 0.2) is 0 Å². The van der Waals surface area contributed by atoms with Crippen molar-refractivity contribution in [1.82, 2.24) is 20.1 Å². The van der Waals surface area contributed by atoms with Crippen LogP contribution in [-0.4, -0.2) is 57.9 Å². The average Bonchev–Trinajstić information content (AvgIpc) is 3.36. The molecule has 1 N–H and O–H groups in total. The van der Waals surface area contributed by atoms with Crippen LogP contribution >= 0.6 is 11.3 Å². The number of fused-ring (bicyclic) bond motifs is 1. The van der Waals surface area contributed by atoms with E-state index < -0.39 is 0 Å². The van der Waals surface area contributed by atoms with Gasteiger partial charge in [-0.25, -0.2) is 4.98 Å². The standard InChI is InChI=1S/C16H20N4O3S/c21-16(12-3-4-18-19-12)20-6-7-23-15-11(1-2-13(15)20)9-22-10-14-17-5-8-24-14/h3-5,8,11,13,15H,1-2,6-7,9-10H2,(H,18,19). The molecule has 1 saturated carbocycles. The average molecular weight is 348 g/mol. The summed E-state index contributed by atoms with van der Waals surface area (Å²) < 4.78 is 11.8. The summed E-state index contributed by atoms with van der Waals surface area (Å²) in [6.07, 6.45) is 5.42. The van der Waals surface area contributed by atoms with Crippen LogP contribution in [0.1, 0.15) is 28.3 Å². The lowest BCUT2D eigenvalue weighted by Crippen LogP contribution is -2.53. The highest BCUT2D eigenvalue weighted by Crippen LogP contribution is 2.35. The van der Waals surface area contributed by atoms with Crippen LogP contribution in [0.15, 0.2) is 23.8 Å². The number of rotatable bonds is 5. The number of aromatic amines is 1. The molecule has 3 atom stereocenters. The highest BCUT2D eigenvalue weighted by molar-refractivity contribution is 7.09. The Morgan fingerprint density at radius 3 is 3.21 bits per heavy atom. The summed E-state index contributed by atoms with van der Waals surface area (Å²) in [7, 11) is 0. The highest BCUT2D eigenvalue weighted by atomic mass is 32.1. The van der Waals surface area contributed by atoms with Crippen LogP contribution in [0.4, 0.5) is 0 Å². The van der Waals surface area contributed by atoms with E-state index in [1.807, 2.05) is 10.3 Å². The van der Waals surface area contributed by atoms with E-state index in [1.54, 1.807) is 29.8 Å². The maximum atomic E-state index is 12.6. The number of hydrogen-bond acceptors (Lipinski definition) is 6. The number of H-pyrrole nitrogens is 1. The van der Waals surface area contributed by atoms with Crippen LogP contribution in [-0.2, 0) is 16.1 Å². The molecule has 2 fully saturated rings. The maximum absolute atomic E-state index is 12.6. The van der Waals surface area contributed by atoms with Crippen molar-refractivity contribution in [2.24, 2.45) is 5.92 Å². The predicted molar refractivity (Wildman–Crippen MR) is 87.6 cm³/mol. The van der Waals surface area contributed by atoms with E-state index >= 15 is 0 Å². The summed E-state index contributed by atoms with van der Waals surface area (Å²) in [6, 6.07) is 1.85. The van der Waals surface area contributed by atoms with Gasteiger partial charge in [0.05, 0.1) is 32.0 Å². The van der Waals surface area contributed by atoms with E-state index in [0.29, 0.717) is 38.0 Å². The molecule has 3 heterocycles.